The molecule has 0 radical (unpaired) electrons. The maximum Gasteiger partial charge on any atom is 0.165 e. The Balaban J connectivity index is 1.17. The van der Waals surface area contributed by atoms with E-state index in [4.69, 9.17) is 19.4 Å². The summed E-state index contributed by atoms with van der Waals surface area (Å²) < 4.78 is 9.12. The maximum absolute atomic E-state index is 6.81. The van der Waals surface area contributed by atoms with Crippen molar-refractivity contribution >= 4 is 43.7 Å². The van der Waals surface area contributed by atoms with Crippen molar-refractivity contribution in [2.75, 3.05) is 0 Å². The molecule has 0 saturated carbocycles. The second-order valence-corrected chi connectivity index (χ2v) is 12.3. The Morgan fingerprint density at radius 3 is 1.88 bits per heavy atom. The highest BCUT2D eigenvalue weighted by molar-refractivity contribution is 6.21. The molecular weight excluding hydrogens is 615 g/mol. The van der Waals surface area contributed by atoms with E-state index in [0.29, 0.717) is 17.5 Å². The lowest BCUT2D eigenvalue weighted by molar-refractivity contribution is 0.671. The molecule has 0 atom stereocenters. The van der Waals surface area contributed by atoms with Crippen molar-refractivity contribution in [2.45, 2.75) is 0 Å². The summed E-state index contributed by atoms with van der Waals surface area (Å²) >= 11 is 0. The molecule has 234 valence electrons. The quantitative estimate of drug-likeness (QED) is 0.187. The molecule has 10 aromatic rings. The van der Waals surface area contributed by atoms with Crippen molar-refractivity contribution in [3.63, 3.8) is 0 Å². The van der Waals surface area contributed by atoms with E-state index >= 15 is 0 Å². The molecule has 6 nitrogen and oxygen atoms in total. The molecule has 6 heteroatoms. The normalized spacial score (nSPS) is 11.6. The number of benzene rings is 6. The lowest BCUT2D eigenvalue weighted by atomic mass is 10.0. The molecule has 0 unspecified atom stereocenters. The summed E-state index contributed by atoms with van der Waals surface area (Å²) in [6, 6.07) is 52.1. The highest BCUT2D eigenvalue weighted by Crippen LogP contribution is 2.41. The van der Waals surface area contributed by atoms with Crippen LogP contribution in [0.5, 0.6) is 0 Å². The van der Waals surface area contributed by atoms with E-state index in [0.717, 1.165) is 71.9 Å². The number of furan rings is 1. The van der Waals surface area contributed by atoms with Crippen LogP contribution in [0.1, 0.15) is 0 Å². The molecule has 50 heavy (non-hydrogen) atoms. The van der Waals surface area contributed by atoms with Crippen LogP contribution in [-0.2, 0) is 0 Å². The zero-order chi connectivity index (χ0) is 33.0. The standard InChI is InChI=1S/C44H27N5O/c1-3-11-28(12-4-1)29-13-9-14-30(25-29)42-46-43(48-44(47-42)32-15-10-24-45-27-32)31-20-21-35-37-23-22-36-34-18-7-8-19-38(34)49(33-16-5-2-6-17-33)40(36)41(37)50-39(35)26-31/h1-27H. The first-order valence-electron chi connectivity index (χ1n) is 16.5. The van der Waals surface area contributed by atoms with E-state index in [2.05, 4.69) is 107 Å². The number of rotatable bonds is 5. The van der Waals surface area contributed by atoms with Gasteiger partial charge >= 0.3 is 0 Å². The van der Waals surface area contributed by atoms with Gasteiger partial charge in [-0.05, 0) is 65.7 Å². The summed E-state index contributed by atoms with van der Waals surface area (Å²) in [7, 11) is 0. The molecule has 0 spiro atoms. The fourth-order valence-electron chi connectivity index (χ4n) is 6.99. The molecule has 0 bridgehead atoms. The number of fused-ring (bicyclic) bond motifs is 7. The summed E-state index contributed by atoms with van der Waals surface area (Å²) in [6.07, 6.45) is 3.53. The van der Waals surface area contributed by atoms with E-state index in [1.165, 1.54) is 5.39 Å². The lowest BCUT2D eigenvalue weighted by Crippen LogP contribution is -2.00. The van der Waals surface area contributed by atoms with Crippen LogP contribution in [0, 0.1) is 0 Å². The summed E-state index contributed by atoms with van der Waals surface area (Å²) in [4.78, 5) is 19.3. The summed E-state index contributed by atoms with van der Waals surface area (Å²) in [6.45, 7) is 0. The van der Waals surface area contributed by atoms with E-state index in [-0.39, 0.29) is 0 Å². The van der Waals surface area contributed by atoms with Crippen molar-refractivity contribution in [2.24, 2.45) is 0 Å². The Kier molecular flexibility index (Phi) is 6.39. The van der Waals surface area contributed by atoms with Gasteiger partial charge in [0.15, 0.2) is 23.1 Å². The maximum atomic E-state index is 6.81. The van der Waals surface area contributed by atoms with Crippen molar-refractivity contribution in [1.29, 1.82) is 0 Å². The van der Waals surface area contributed by atoms with Gasteiger partial charge in [-0.3, -0.25) is 4.98 Å². The first-order chi connectivity index (χ1) is 24.8. The average Bonchev–Trinajstić information content (AvgIpc) is 3.74. The topological polar surface area (TPSA) is 69.6 Å². The molecule has 0 N–H and O–H groups in total. The van der Waals surface area contributed by atoms with Gasteiger partial charge in [0.2, 0.25) is 0 Å². The minimum absolute atomic E-state index is 0.557. The van der Waals surface area contributed by atoms with Crippen LogP contribution in [0.25, 0.3) is 94.7 Å². The zero-order valence-corrected chi connectivity index (χ0v) is 26.7. The van der Waals surface area contributed by atoms with Crippen LogP contribution in [0.15, 0.2) is 168 Å². The van der Waals surface area contributed by atoms with E-state index in [1.807, 2.05) is 54.6 Å². The molecule has 6 aromatic carbocycles. The minimum atomic E-state index is 0.557. The Hall–Kier alpha value is -6.92. The fraction of sp³-hybridized carbons (Fsp3) is 0. The molecule has 0 saturated heterocycles. The third-order valence-electron chi connectivity index (χ3n) is 9.33. The van der Waals surface area contributed by atoms with Gasteiger partial charge in [0.05, 0.1) is 11.0 Å². The average molecular weight is 642 g/mol. The van der Waals surface area contributed by atoms with Crippen LogP contribution in [0.2, 0.25) is 0 Å². The highest BCUT2D eigenvalue weighted by atomic mass is 16.3. The molecule has 0 aliphatic carbocycles. The number of pyridine rings is 1. The van der Waals surface area contributed by atoms with Crippen LogP contribution >= 0.6 is 0 Å². The van der Waals surface area contributed by atoms with Crippen LogP contribution in [0.4, 0.5) is 0 Å². The van der Waals surface area contributed by atoms with Crippen LogP contribution in [-0.4, -0.2) is 24.5 Å². The summed E-state index contributed by atoms with van der Waals surface area (Å²) in [5.41, 5.74) is 9.67. The predicted octanol–water partition coefficient (Wildman–Crippen LogP) is 10.9. The number of hydrogen-bond donors (Lipinski definition) is 0. The van der Waals surface area contributed by atoms with Gasteiger partial charge in [0, 0.05) is 56.3 Å². The Labute approximate surface area is 287 Å². The molecule has 4 aromatic heterocycles. The first-order valence-corrected chi connectivity index (χ1v) is 16.5. The largest absolute Gasteiger partial charge is 0.454 e. The Morgan fingerprint density at radius 1 is 0.440 bits per heavy atom. The Morgan fingerprint density at radius 2 is 1.08 bits per heavy atom. The molecule has 0 aliphatic heterocycles. The van der Waals surface area contributed by atoms with Gasteiger partial charge < -0.3 is 8.98 Å². The molecule has 0 fully saturated rings. The second kappa shape index (κ2) is 11.4. The van der Waals surface area contributed by atoms with Crippen molar-refractivity contribution in [3.8, 4) is 51.0 Å². The Bertz CT molecular complexity index is 2860. The molecular formula is C44H27N5O. The minimum Gasteiger partial charge on any atom is -0.454 e. The fourth-order valence-corrected chi connectivity index (χ4v) is 6.99. The van der Waals surface area contributed by atoms with Gasteiger partial charge in [-0.2, -0.15) is 0 Å². The van der Waals surface area contributed by atoms with E-state index < -0.39 is 0 Å². The highest BCUT2D eigenvalue weighted by Gasteiger charge is 2.20. The van der Waals surface area contributed by atoms with Gasteiger partial charge in [0.25, 0.3) is 0 Å². The van der Waals surface area contributed by atoms with Crippen LogP contribution < -0.4 is 0 Å². The number of hydrogen-bond acceptors (Lipinski definition) is 5. The third kappa shape index (κ3) is 4.58. The van der Waals surface area contributed by atoms with Crippen LogP contribution in [0.3, 0.4) is 0 Å². The van der Waals surface area contributed by atoms with E-state index in [1.54, 1.807) is 12.4 Å². The van der Waals surface area contributed by atoms with Crippen molar-refractivity contribution in [3.05, 3.63) is 164 Å². The van der Waals surface area contributed by atoms with Crippen molar-refractivity contribution in [1.82, 2.24) is 24.5 Å². The second-order valence-electron chi connectivity index (χ2n) is 12.3. The van der Waals surface area contributed by atoms with Gasteiger partial charge in [-0.25, -0.2) is 15.0 Å². The number of nitrogens with zero attached hydrogens (tertiary/aromatic N) is 5. The lowest BCUT2D eigenvalue weighted by Gasteiger charge is -2.09. The first kappa shape index (κ1) is 28.1. The monoisotopic (exact) mass is 641 g/mol. The molecule has 0 amide bonds. The molecule has 0 aliphatic rings. The van der Waals surface area contributed by atoms with Crippen molar-refractivity contribution < 1.29 is 4.42 Å². The third-order valence-corrected chi connectivity index (χ3v) is 9.33. The van der Waals surface area contributed by atoms with E-state index in [9.17, 15) is 0 Å². The van der Waals surface area contributed by atoms with Gasteiger partial charge in [-0.15, -0.1) is 0 Å². The summed E-state index contributed by atoms with van der Waals surface area (Å²) in [5.74, 6) is 1.71. The predicted molar refractivity (Wildman–Crippen MR) is 201 cm³/mol. The van der Waals surface area contributed by atoms with Gasteiger partial charge in [0.1, 0.15) is 5.58 Å². The molecule has 4 heterocycles. The summed E-state index contributed by atoms with van der Waals surface area (Å²) in [5, 5.41) is 4.43. The number of aromatic nitrogens is 5. The zero-order valence-electron chi connectivity index (χ0n) is 26.7. The smallest absolute Gasteiger partial charge is 0.165 e. The SMILES string of the molecule is c1ccc(-c2cccc(-c3nc(-c4cccnc4)nc(-c4ccc5c(c4)oc4c5ccc5c6ccccc6n(-c6ccccc6)c54)n3)c2)cc1. The molecule has 10 rings (SSSR count). The van der Waals surface area contributed by atoms with Gasteiger partial charge in [-0.1, -0.05) is 97.1 Å². The number of para-hydroxylation sites is 2.